The van der Waals surface area contributed by atoms with Gasteiger partial charge in [0.05, 0.1) is 13.0 Å². The van der Waals surface area contributed by atoms with Crippen LogP contribution in [0.2, 0.25) is 0 Å². The van der Waals surface area contributed by atoms with E-state index in [1.54, 1.807) is 6.07 Å². The molecule has 1 heterocycles. The van der Waals surface area contributed by atoms with Gasteiger partial charge in [0.1, 0.15) is 10.8 Å². The molecule has 0 fully saturated rings. The van der Waals surface area contributed by atoms with E-state index >= 15 is 0 Å². The Bertz CT molecular complexity index is 761. The molecule has 0 saturated carbocycles. The molecular weight excluding hydrogens is 361 g/mol. The maximum Gasteiger partial charge on any atom is 0.422 e. The van der Waals surface area contributed by atoms with Crippen LogP contribution in [0, 0.1) is 0 Å². The number of aromatic carboxylic acids is 1. The normalized spacial score (nSPS) is 11.2. The Morgan fingerprint density at radius 2 is 2.08 bits per heavy atom. The van der Waals surface area contributed by atoms with Crippen molar-refractivity contribution < 1.29 is 32.6 Å². The number of carboxylic acids is 1. The number of nitrogens with one attached hydrogen (secondary N) is 1. The Kier molecular flexibility index (Phi) is 5.97. The van der Waals surface area contributed by atoms with Crippen LogP contribution in [0.15, 0.2) is 29.6 Å². The zero-order valence-electron chi connectivity index (χ0n) is 12.7. The number of amides is 1. The number of carbonyl (C=O) groups excluding carboxylic acids is 1. The van der Waals surface area contributed by atoms with E-state index in [2.05, 4.69) is 15.0 Å². The first kappa shape index (κ1) is 18.7. The lowest BCUT2D eigenvalue weighted by Crippen LogP contribution is -2.24. The predicted octanol–water partition coefficient (Wildman–Crippen LogP) is 2.64. The minimum Gasteiger partial charge on any atom is -0.484 e. The SMILES string of the molecule is O=C(Cc1cccc(OCC(F)(F)F)c1)NCc1nc(C(=O)O)cs1. The number of halogens is 3. The Balaban J connectivity index is 1.86. The van der Waals surface area contributed by atoms with Gasteiger partial charge < -0.3 is 15.2 Å². The fourth-order valence-electron chi connectivity index (χ4n) is 1.82. The number of nitrogens with zero attached hydrogens (tertiary/aromatic N) is 1. The van der Waals surface area contributed by atoms with Gasteiger partial charge >= 0.3 is 12.1 Å². The number of aromatic nitrogens is 1. The molecule has 0 unspecified atom stereocenters. The molecule has 1 aromatic carbocycles. The van der Waals surface area contributed by atoms with Crippen LogP contribution >= 0.6 is 11.3 Å². The monoisotopic (exact) mass is 374 g/mol. The highest BCUT2D eigenvalue weighted by atomic mass is 32.1. The lowest BCUT2D eigenvalue weighted by atomic mass is 10.1. The molecule has 0 radical (unpaired) electrons. The largest absolute Gasteiger partial charge is 0.484 e. The highest BCUT2D eigenvalue weighted by Crippen LogP contribution is 2.19. The van der Waals surface area contributed by atoms with Gasteiger partial charge in [-0.25, -0.2) is 9.78 Å². The van der Waals surface area contributed by atoms with E-state index in [4.69, 9.17) is 5.11 Å². The Labute approximate surface area is 144 Å². The summed E-state index contributed by atoms with van der Waals surface area (Å²) in [5.41, 5.74) is 0.395. The van der Waals surface area contributed by atoms with Crippen LogP contribution in [0.5, 0.6) is 5.75 Å². The molecule has 1 aromatic heterocycles. The number of carbonyl (C=O) groups is 2. The molecule has 1 amide bonds. The Morgan fingerprint density at radius 3 is 2.72 bits per heavy atom. The van der Waals surface area contributed by atoms with Gasteiger partial charge in [-0.05, 0) is 17.7 Å². The van der Waals surface area contributed by atoms with Crippen LogP contribution in [0.1, 0.15) is 21.1 Å². The number of benzene rings is 1. The zero-order valence-corrected chi connectivity index (χ0v) is 13.5. The fraction of sp³-hybridized carbons (Fsp3) is 0.267. The number of rotatable bonds is 7. The lowest BCUT2D eigenvalue weighted by molar-refractivity contribution is -0.153. The van der Waals surface area contributed by atoms with Gasteiger partial charge in [-0.15, -0.1) is 11.3 Å². The molecule has 0 aliphatic carbocycles. The summed E-state index contributed by atoms with van der Waals surface area (Å²) in [6.45, 7) is -1.33. The predicted molar refractivity (Wildman–Crippen MR) is 82.6 cm³/mol. The Morgan fingerprint density at radius 1 is 1.32 bits per heavy atom. The summed E-state index contributed by atoms with van der Waals surface area (Å²) < 4.78 is 41.0. The van der Waals surface area contributed by atoms with E-state index in [9.17, 15) is 22.8 Å². The van der Waals surface area contributed by atoms with E-state index in [0.29, 0.717) is 10.6 Å². The van der Waals surface area contributed by atoms with Crippen molar-refractivity contribution >= 4 is 23.2 Å². The van der Waals surface area contributed by atoms with E-state index in [1.807, 2.05) is 0 Å². The molecule has 0 spiro atoms. The number of alkyl halides is 3. The zero-order chi connectivity index (χ0) is 18.4. The smallest absolute Gasteiger partial charge is 0.422 e. The number of carboxylic acid groups (broad SMARTS) is 1. The van der Waals surface area contributed by atoms with Gasteiger partial charge in [-0.2, -0.15) is 13.2 Å². The van der Waals surface area contributed by atoms with Gasteiger partial charge in [-0.3, -0.25) is 4.79 Å². The van der Waals surface area contributed by atoms with E-state index in [1.165, 1.54) is 23.6 Å². The van der Waals surface area contributed by atoms with E-state index in [-0.39, 0.29) is 30.3 Å². The third-order valence-corrected chi connectivity index (χ3v) is 3.72. The molecule has 10 heteroatoms. The highest BCUT2D eigenvalue weighted by Gasteiger charge is 2.28. The molecule has 2 rings (SSSR count). The average Bonchev–Trinajstić information content (AvgIpc) is 3.00. The lowest BCUT2D eigenvalue weighted by Gasteiger charge is -2.10. The molecule has 2 N–H and O–H groups in total. The summed E-state index contributed by atoms with van der Waals surface area (Å²) in [6, 6.07) is 5.81. The Hall–Kier alpha value is -2.62. The summed E-state index contributed by atoms with van der Waals surface area (Å²) in [5.74, 6) is -1.50. The third kappa shape index (κ3) is 6.42. The molecule has 2 aromatic rings. The van der Waals surface area contributed by atoms with Crippen LogP contribution in [0.4, 0.5) is 13.2 Å². The second kappa shape index (κ2) is 7.97. The molecule has 0 saturated heterocycles. The van der Waals surface area contributed by atoms with Gasteiger partial charge in [0.15, 0.2) is 12.3 Å². The van der Waals surface area contributed by atoms with Crippen LogP contribution in [0.25, 0.3) is 0 Å². The number of ether oxygens (including phenoxy) is 1. The minimum atomic E-state index is -4.43. The average molecular weight is 374 g/mol. The van der Waals surface area contributed by atoms with Crippen molar-refractivity contribution in [1.82, 2.24) is 10.3 Å². The highest BCUT2D eigenvalue weighted by molar-refractivity contribution is 7.09. The molecule has 0 bridgehead atoms. The molecule has 0 aliphatic heterocycles. The second-order valence-corrected chi connectivity index (χ2v) is 5.88. The summed E-state index contributed by atoms with van der Waals surface area (Å²) in [5, 5.41) is 13.1. The van der Waals surface area contributed by atoms with Crippen molar-refractivity contribution in [3.05, 3.63) is 45.9 Å². The molecule has 134 valence electrons. The van der Waals surface area contributed by atoms with Crippen LogP contribution in [-0.2, 0) is 17.8 Å². The minimum absolute atomic E-state index is 0.0219. The topological polar surface area (TPSA) is 88.5 Å². The van der Waals surface area contributed by atoms with Crippen molar-refractivity contribution in [3.63, 3.8) is 0 Å². The first-order valence-corrected chi connectivity index (χ1v) is 7.84. The van der Waals surface area contributed by atoms with Crippen molar-refractivity contribution in [2.75, 3.05) is 6.61 Å². The fourth-order valence-corrected chi connectivity index (χ4v) is 2.53. The maximum atomic E-state index is 12.1. The van der Waals surface area contributed by atoms with Crippen LogP contribution in [0.3, 0.4) is 0 Å². The van der Waals surface area contributed by atoms with Crippen molar-refractivity contribution in [2.45, 2.75) is 19.1 Å². The van der Waals surface area contributed by atoms with Crippen molar-refractivity contribution in [3.8, 4) is 5.75 Å². The van der Waals surface area contributed by atoms with Gasteiger partial charge in [-0.1, -0.05) is 12.1 Å². The van der Waals surface area contributed by atoms with Gasteiger partial charge in [0.25, 0.3) is 0 Å². The summed E-state index contributed by atoms with van der Waals surface area (Å²) in [4.78, 5) is 26.4. The van der Waals surface area contributed by atoms with Gasteiger partial charge in [0, 0.05) is 5.38 Å². The maximum absolute atomic E-state index is 12.1. The number of hydrogen-bond donors (Lipinski definition) is 2. The quantitative estimate of drug-likeness (QED) is 0.778. The summed E-state index contributed by atoms with van der Waals surface area (Å²) >= 11 is 1.10. The first-order valence-electron chi connectivity index (χ1n) is 6.96. The van der Waals surface area contributed by atoms with E-state index in [0.717, 1.165) is 11.3 Å². The molecule has 6 nitrogen and oxygen atoms in total. The second-order valence-electron chi connectivity index (χ2n) is 4.94. The first-order chi connectivity index (χ1) is 11.7. The molecule has 25 heavy (non-hydrogen) atoms. The van der Waals surface area contributed by atoms with E-state index < -0.39 is 18.8 Å². The summed E-state index contributed by atoms with van der Waals surface area (Å²) in [7, 11) is 0. The van der Waals surface area contributed by atoms with Crippen molar-refractivity contribution in [1.29, 1.82) is 0 Å². The third-order valence-electron chi connectivity index (χ3n) is 2.87. The van der Waals surface area contributed by atoms with Gasteiger partial charge in [0.2, 0.25) is 5.91 Å². The van der Waals surface area contributed by atoms with Crippen LogP contribution < -0.4 is 10.1 Å². The standard InChI is InChI=1S/C15H13F3N2O4S/c16-15(17,18)8-24-10-3-1-2-9(4-10)5-12(21)19-6-13-20-11(7-25-13)14(22)23/h1-4,7H,5-6,8H2,(H,19,21)(H,22,23). The molecule has 0 atom stereocenters. The molecular formula is C15H13F3N2O4S. The van der Waals surface area contributed by atoms with Crippen LogP contribution in [-0.4, -0.2) is 34.8 Å². The number of hydrogen-bond acceptors (Lipinski definition) is 5. The van der Waals surface area contributed by atoms with Crippen molar-refractivity contribution in [2.24, 2.45) is 0 Å². The summed E-state index contributed by atoms with van der Waals surface area (Å²) in [6.07, 6.45) is -4.49. The number of thiazole rings is 1. The molecule has 0 aliphatic rings.